The van der Waals surface area contributed by atoms with Crippen LogP contribution in [0, 0.1) is 0 Å². The summed E-state index contributed by atoms with van der Waals surface area (Å²) in [5, 5.41) is 8.31. The van der Waals surface area contributed by atoms with Crippen LogP contribution in [0.25, 0.3) is 16.6 Å². The lowest BCUT2D eigenvalue weighted by Crippen LogP contribution is -2.24. The molecule has 1 aliphatic carbocycles. The lowest BCUT2D eigenvalue weighted by atomic mass is 10.2. The van der Waals surface area contributed by atoms with Crippen molar-refractivity contribution in [2.24, 2.45) is 0 Å². The average molecular weight is 476 g/mol. The van der Waals surface area contributed by atoms with E-state index in [2.05, 4.69) is 10.4 Å². The molecule has 0 saturated heterocycles. The molecule has 1 N–H and O–H groups in total. The van der Waals surface area contributed by atoms with Crippen molar-refractivity contribution < 1.29 is 9.53 Å². The molecule has 1 saturated carbocycles. The molecule has 0 bridgehead atoms. The number of carbonyl (C=O) groups is 1. The molecule has 2 heterocycles. The summed E-state index contributed by atoms with van der Waals surface area (Å²) in [5.41, 5.74) is 0.952. The van der Waals surface area contributed by atoms with Crippen LogP contribution in [-0.4, -0.2) is 38.1 Å². The van der Waals surface area contributed by atoms with Crippen LogP contribution in [0.4, 0.5) is 5.82 Å². The molecule has 5 rings (SSSR count). The maximum Gasteiger partial charge on any atom is 0.266 e. The molecule has 0 radical (unpaired) electrons. The molecule has 0 spiro atoms. The van der Waals surface area contributed by atoms with E-state index in [0.29, 0.717) is 39.4 Å². The number of hydrogen-bond acceptors (Lipinski definition) is 6. The highest BCUT2D eigenvalue weighted by molar-refractivity contribution is 7.99. The van der Waals surface area contributed by atoms with Crippen LogP contribution < -0.4 is 15.6 Å². The number of methoxy groups -OCH3 is 1. The maximum atomic E-state index is 13.5. The van der Waals surface area contributed by atoms with E-state index in [9.17, 15) is 9.59 Å². The van der Waals surface area contributed by atoms with E-state index in [4.69, 9.17) is 9.72 Å². The van der Waals surface area contributed by atoms with Crippen LogP contribution in [0.15, 0.2) is 70.7 Å². The topological polar surface area (TPSA) is 91.0 Å². The van der Waals surface area contributed by atoms with Crippen LogP contribution in [-0.2, 0) is 4.79 Å². The number of rotatable bonds is 7. The Morgan fingerprint density at radius 3 is 2.71 bits per heavy atom. The summed E-state index contributed by atoms with van der Waals surface area (Å²) in [5.74, 6) is 1.16. The van der Waals surface area contributed by atoms with Crippen molar-refractivity contribution in [3.05, 3.63) is 71.1 Å². The monoisotopic (exact) mass is 475 g/mol. The van der Waals surface area contributed by atoms with Gasteiger partial charge in [-0.25, -0.2) is 9.67 Å². The summed E-state index contributed by atoms with van der Waals surface area (Å²) in [6.45, 7) is 0. The molecule has 8 nitrogen and oxygen atoms in total. The van der Waals surface area contributed by atoms with Gasteiger partial charge in [-0.05, 0) is 37.1 Å². The highest BCUT2D eigenvalue weighted by atomic mass is 32.2. The zero-order chi connectivity index (χ0) is 23.5. The molecule has 0 aliphatic heterocycles. The molecule has 0 unspecified atom stereocenters. The minimum atomic E-state index is -0.211. The first-order chi connectivity index (χ1) is 16.7. The first-order valence-corrected chi connectivity index (χ1v) is 12.3. The number of carbonyl (C=O) groups excluding carboxylic acids is 1. The fraction of sp³-hybridized carbons (Fsp3) is 0.280. The Morgan fingerprint density at radius 2 is 1.88 bits per heavy atom. The van der Waals surface area contributed by atoms with Gasteiger partial charge >= 0.3 is 0 Å². The Kier molecular flexibility index (Phi) is 6.35. The van der Waals surface area contributed by atoms with E-state index in [1.807, 2.05) is 35.0 Å². The SMILES string of the molecule is COc1ccccc1-n1c(SCC(=O)Nc2ccnn2C2CCCC2)nc2ccccc2c1=O. The van der Waals surface area contributed by atoms with Crippen molar-refractivity contribution in [3.8, 4) is 11.4 Å². The van der Waals surface area contributed by atoms with Crippen molar-refractivity contribution in [1.82, 2.24) is 19.3 Å². The zero-order valence-corrected chi connectivity index (χ0v) is 19.6. The average Bonchev–Trinajstić information content (AvgIpc) is 3.55. The normalized spacial score (nSPS) is 13.9. The fourth-order valence-corrected chi connectivity index (χ4v) is 5.20. The fourth-order valence-electron chi connectivity index (χ4n) is 4.40. The van der Waals surface area contributed by atoms with Gasteiger partial charge in [-0.2, -0.15) is 5.10 Å². The summed E-state index contributed by atoms with van der Waals surface area (Å²) in [6.07, 6.45) is 6.23. The second kappa shape index (κ2) is 9.72. The molecule has 1 fully saturated rings. The van der Waals surface area contributed by atoms with Crippen LogP contribution >= 0.6 is 11.8 Å². The van der Waals surface area contributed by atoms with Gasteiger partial charge in [0.25, 0.3) is 5.56 Å². The van der Waals surface area contributed by atoms with Gasteiger partial charge in [0.1, 0.15) is 11.6 Å². The third-order valence-electron chi connectivity index (χ3n) is 6.01. The van der Waals surface area contributed by atoms with Crippen molar-refractivity contribution in [2.75, 3.05) is 18.2 Å². The summed E-state index contributed by atoms with van der Waals surface area (Å²) in [4.78, 5) is 31.0. The molecule has 4 aromatic rings. The standard InChI is InChI=1S/C25H25N5O3S/c1-33-21-13-7-6-12-20(21)29-24(32)18-10-4-5-11-19(18)27-25(29)34-16-23(31)28-22-14-15-26-30(22)17-8-2-3-9-17/h4-7,10-15,17H,2-3,8-9,16H2,1H3,(H,28,31). The predicted octanol–water partition coefficient (Wildman–Crippen LogP) is 4.44. The molecule has 2 aromatic carbocycles. The van der Waals surface area contributed by atoms with Gasteiger partial charge in [-0.1, -0.05) is 48.9 Å². The van der Waals surface area contributed by atoms with Gasteiger partial charge in [0.2, 0.25) is 5.91 Å². The molecule has 2 aromatic heterocycles. The highest BCUT2D eigenvalue weighted by Crippen LogP contribution is 2.31. The van der Waals surface area contributed by atoms with Crippen molar-refractivity contribution in [1.29, 1.82) is 0 Å². The van der Waals surface area contributed by atoms with Crippen LogP contribution in [0.5, 0.6) is 5.75 Å². The molecular weight excluding hydrogens is 450 g/mol. The molecule has 9 heteroatoms. The molecule has 1 aliphatic rings. The van der Waals surface area contributed by atoms with Crippen molar-refractivity contribution >= 4 is 34.4 Å². The second-order valence-electron chi connectivity index (χ2n) is 8.16. The third kappa shape index (κ3) is 4.31. The summed E-state index contributed by atoms with van der Waals surface area (Å²) in [7, 11) is 1.56. The number of benzene rings is 2. The van der Waals surface area contributed by atoms with Crippen molar-refractivity contribution in [2.45, 2.75) is 36.9 Å². The molecule has 174 valence electrons. The van der Waals surface area contributed by atoms with E-state index in [1.54, 1.807) is 37.6 Å². The third-order valence-corrected chi connectivity index (χ3v) is 6.95. The van der Waals surface area contributed by atoms with Crippen LogP contribution in [0.1, 0.15) is 31.7 Å². The van der Waals surface area contributed by atoms with E-state index >= 15 is 0 Å². The van der Waals surface area contributed by atoms with E-state index in [-0.39, 0.29) is 17.2 Å². The van der Waals surface area contributed by atoms with Gasteiger partial charge in [-0.3, -0.25) is 14.2 Å². The number of hydrogen-bond donors (Lipinski definition) is 1. The lowest BCUT2D eigenvalue weighted by molar-refractivity contribution is -0.113. The van der Waals surface area contributed by atoms with Crippen molar-refractivity contribution in [3.63, 3.8) is 0 Å². The lowest BCUT2D eigenvalue weighted by Gasteiger charge is -2.16. The molecule has 0 atom stereocenters. The first kappa shape index (κ1) is 22.2. The number of nitrogens with zero attached hydrogens (tertiary/aromatic N) is 4. The minimum absolute atomic E-state index is 0.0930. The predicted molar refractivity (Wildman–Crippen MR) is 133 cm³/mol. The summed E-state index contributed by atoms with van der Waals surface area (Å²) >= 11 is 1.21. The number of aromatic nitrogens is 4. The van der Waals surface area contributed by atoms with Gasteiger partial charge < -0.3 is 10.1 Å². The summed E-state index contributed by atoms with van der Waals surface area (Å²) in [6, 6.07) is 16.6. The van der Waals surface area contributed by atoms with Crippen LogP contribution in [0.3, 0.4) is 0 Å². The molecule has 34 heavy (non-hydrogen) atoms. The molecular formula is C25H25N5O3S. The minimum Gasteiger partial charge on any atom is -0.495 e. The zero-order valence-electron chi connectivity index (χ0n) is 18.8. The van der Waals surface area contributed by atoms with Gasteiger partial charge in [0, 0.05) is 6.07 Å². The van der Waals surface area contributed by atoms with Gasteiger partial charge in [0.15, 0.2) is 5.16 Å². The Bertz CT molecular complexity index is 1390. The number of anilines is 1. The first-order valence-electron chi connectivity index (χ1n) is 11.3. The quantitative estimate of drug-likeness (QED) is 0.314. The highest BCUT2D eigenvalue weighted by Gasteiger charge is 2.21. The van der Waals surface area contributed by atoms with E-state index in [1.165, 1.54) is 29.2 Å². The van der Waals surface area contributed by atoms with E-state index in [0.717, 1.165) is 12.8 Å². The summed E-state index contributed by atoms with van der Waals surface area (Å²) < 4.78 is 8.92. The molecule has 1 amide bonds. The second-order valence-corrected chi connectivity index (χ2v) is 9.10. The number of nitrogens with one attached hydrogen (secondary N) is 1. The Balaban J connectivity index is 1.44. The smallest absolute Gasteiger partial charge is 0.266 e. The van der Waals surface area contributed by atoms with E-state index < -0.39 is 0 Å². The van der Waals surface area contributed by atoms with Gasteiger partial charge in [-0.15, -0.1) is 0 Å². The number of amides is 1. The Morgan fingerprint density at radius 1 is 1.12 bits per heavy atom. The number of fused-ring (bicyclic) bond motifs is 1. The number of ether oxygens (including phenoxy) is 1. The number of thioether (sulfide) groups is 1. The van der Waals surface area contributed by atoms with Gasteiger partial charge in [0.05, 0.1) is 41.7 Å². The Hall–Kier alpha value is -3.59. The largest absolute Gasteiger partial charge is 0.495 e. The maximum absolute atomic E-state index is 13.5. The van der Waals surface area contributed by atoms with Crippen LogP contribution in [0.2, 0.25) is 0 Å². The number of para-hydroxylation sites is 3. The Labute approximate surface area is 201 Å².